The first kappa shape index (κ1) is 33.4. The molecule has 0 radical (unpaired) electrons. The van der Waals surface area contributed by atoms with Gasteiger partial charge in [-0.15, -0.1) is 0 Å². The molecule has 3 heterocycles. The molecule has 3 fully saturated rings. The summed E-state index contributed by atoms with van der Waals surface area (Å²) in [7, 11) is 0. The molecule has 0 aromatic rings. The van der Waals surface area contributed by atoms with E-state index in [0.717, 1.165) is 6.92 Å². The summed E-state index contributed by atoms with van der Waals surface area (Å²) in [6, 6.07) is -1.62. The lowest BCUT2D eigenvalue weighted by atomic mass is 9.94. The number of hydrogen-bond donors (Lipinski definition) is 10. The number of carboxylic acid groups (broad SMARTS) is 1. The molecule has 3 saturated heterocycles. The van der Waals surface area contributed by atoms with Gasteiger partial charge in [-0.05, 0) is 6.92 Å². The summed E-state index contributed by atoms with van der Waals surface area (Å²) in [6.45, 7) is 1.43. The Balaban J connectivity index is 1.88. The topological polar surface area (TPSA) is 301 Å². The van der Waals surface area contributed by atoms with Gasteiger partial charge in [0.25, 0.3) is 0 Å². The Morgan fingerprint density at radius 1 is 0.756 bits per heavy atom. The summed E-state index contributed by atoms with van der Waals surface area (Å²) in [6.07, 6.45) is -26.8. The van der Waals surface area contributed by atoms with Crippen LogP contribution in [0.3, 0.4) is 0 Å². The lowest BCUT2D eigenvalue weighted by Crippen LogP contribution is -2.69. The van der Waals surface area contributed by atoms with E-state index in [9.17, 15) is 60.3 Å². The third-order valence-electron chi connectivity index (χ3n) is 6.70. The van der Waals surface area contributed by atoms with Gasteiger partial charge in [0, 0.05) is 6.92 Å². The van der Waals surface area contributed by atoms with Gasteiger partial charge in [0.15, 0.2) is 31.1 Å². The van der Waals surface area contributed by atoms with Crippen LogP contribution in [0.2, 0.25) is 0 Å². The second kappa shape index (κ2) is 13.9. The van der Waals surface area contributed by atoms with Gasteiger partial charge in [-0.3, -0.25) is 4.79 Å². The highest BCUT2D eigenvalue weighted by atomic mass is 16.7. The maximum absolute atomic E-state index is 12.5. The van der Waals surface area contributed by atoms with Crippen molar-refractivity contribution in [3.05, 3.63) is 0 Å². The van der Waals surface area contributed by atoms with Gasteiger partial charge >= 0.3 is 11.9 Å². The van der Waals surface area contributed by atoms with Crippen molar-refractivity contribution in [1.29, 1.82) is 0 Å². The lowest BCUT2D eigenvalue weighted by Gasteiger charge is -2.48. The largest absolute Gasteiger partial charge is 0.479 e. The van der Waals surface area contributed by atoms with Crippen LogP contribution in [-0.2, 0) is 42.8 Å². The number of aliphatic hydroxyl groups excluding tert-OH is 8. The molecule has 0 aromatic heterocycles. The van der Waals surface area contributed by atoms with Crippen molar-refractivity contribution < 1.29 is 88.8 Å². The minimum absolute atomic E-state index is 0.136. The molecule has 0 unspecified atom stereocenters. The second-order valence-electron chi connectivity index (χ2n) is 9.56. The van der Waals surface area contributed by atoms with Gasteiger partial charge in [-0.1, -0.05) is 0 Å². The van der Waals surface area contributed by atoms with Crippen molar-refractivity contribution in [2.75, 3.05) is 13.2 Å². The zero-order chi connectivity index (χ0) is 30.8. The molecule has 0 spiro atoms. The van der Waals surface area contributed by atoms with E-state index in [2.05, 4.69) is 5.32 Å². The molecule has 0 saturated carbocycles. The first-order valence-corrected chi connectivity index (χ1v) is 12.5. The SMILES string of the molecule is CCOC(=O)[C@H]1O[C@@H](O)[C@H](O)[C@@H](O)[C@@H]1O[C@H]1O[C@H](CO)[C@@H](O[C@@H]2O[C@H](C(=O)O)[C@@H](O)[C@H](O)[C@H]2O)[C@H](O)[C@H]1NC(C)=O. The van der Waals surface area contributed by atoms with E-state index in [1.165, 1.54) is 6.92 Å². The van der Waals surface area contributed by atoms with E-state index in [-0.39, 0.29) is 6.61 Å². The summed E-state index contributed by atoms with van der Waals surface area (Å²) in [5.41, 5.74) is 0. The van der Waals surface area contributed by atoms with E-state index >= 15 is 0 Å². The number of carbonyl (C=O) groups excluding carboxylic acids is 2. The van der Waals surface area contributed by atoms with Crippen LogP contribution >= 0.6 is 0 Å². The van der Waals surface area contributed by atoms with Crippen LogP contribution in [0.5, 0.6) is 0 Å². The standard InChI is InChI=1S/C22H35NO18/c1-3-36-20(35)17-15(11(29)12(30)19(34)38-17)40-21-7(23-5(2)25)8(26)14(6(4-24)37-21)39-22-13(31)9(27)10(28)16(41-22)18(32)33/h6-17,19,21-22,24,26-31,34H,3-4H2,1-2H3,(H,23,25)(H,32,33)/t6-,7-,8-,9+,10+,11-,12-,13-,14-,15+,16+,17+,19-,21-,22-/m1/s1. The minimum atomic E-state index is -2.05. The number of carboxylic acids is 1. The van der Waals surface area contributed by atoms with E-state index in [1.807, 2.05) is 0 Å². The van der Waals surface area contributed by atoms with Crippen molar-refractivity contribution in [3.63, 3.8) is 0 Å². The average molecular weight is 602 g/mol. The smallest absolute Gasteiger partial charge is 0.338 e. The first-order chi connectivity index (χ1) is 19.2. The fourth-order valence-corrected chi connectivity index (χ4v) is 4.63. The monoisotopic (exact) mass is 601 g/mol. The number of aliphatic carboxylic acids is 1. The molecule has 0 aliphatic carbocycles. The van der Waals surface area contributed by atoms with Gasteiger partial charge in [-0.2, -0.15) is 0 Å². The predicted molar refractivity (Wildman–Crippen MR) is 123 cm³/mol. The first-order valence-electron chi connectivity index (χ1n) is 12.5. The molecule has 3 aliphatic heterocycles. The van der Waals surface area contributed by atoms with E-state index in [0.29, 0.717) is 0 Å². The second-order valence-corrected chi connectivity index (χ2v) is 9.56. The number of amides is 1. The van der Waals surface area contributed by atoms with Crippen LogP contribution in [0.1, 0.15) is 13.8 Å². The maximum Gasteiger partial charge on any atom is 0.338 e. The molecule has 0 bridgehead atoms. The Kier molecular flexibility index (Phi) is 11.3. The van der Waals surface area contributed by atoms with Crippen molar-refractivity contribution in [2.45, 2.75) is 106 Å². The fraction of sp³-hybridized carbons (Fsp3) is 0.864. The van der Waals surface area contributed by atoms with Crippen molar-refractivity contribution in [3.8, 4) is 0 Å². The highest BCUT2D eigenvalue weighted by Crippen LogP contribution is 2.32. The Morgan fingerprint density at radius 2 is 1.39 bits per heavy atom. The number of esters is 1. The molecule has 3 aliphatic rings. The number of carbonyl (C=O) groups is 3. The van der Waals surface area contributed by atoms with Crippen molar-refractivity contribution in [1.82, 2.24) is 5.32 Å². The number of ether oxygens (including phenoxy) is 6. The van der Waals surface area contributed by atoms with Crippen LogP contribution < -0.4 is 5.32 Å². The maximum atomic E-state index is 12.5. The summed E-state index contributed by atoms with van der Waals surface area (Å²) < 4.78 is 31.7. The van der Waals surface area contributed by atoms with Crippen LogP contribution in [-0.4, -0.2) is 169 Å². The summed E-state index contributed by atoms with van der Waals surface area (Å²) in [5, 5.41) is 93.5. The molecule has 10 N–H and O–H groups in total. The zero-order valence-corrected chi connectivity index (χ0v) is 21.8. The van der Waals surface area contributed by atoms with Gasteiger partial charge in [0.05, 0.1) is 13.2 Å². The highest BCUT2D eigenvalue weighted by molar-refractivity contribution is 5.76. The van der Waals surface area contributed by atoms with Crippen LogP contribution in [0, 0.1) is 0 Å². The molecule has 19 heteroatoms. The molecule has 15 atom stereocenters. The number of rotatable bonds is 9. The molecular formula is C22H35NO18. The van der Waals surface area contributed by atoms with E-state index in [1.54, 1.807) is 0 Å². The van der Waals surface area contributed by atoms with E-state index in [4.69, 9.17) is 28.4 Å². The Morgan fingerprint density at radius 3 is 1.95 bits per heavy atom. The van der Waals surface area contributed by atoms with Crippen LogP contribution in [0.4, 0.5) is 0 Å². The number of aliphatic hydroxyl groups is 8. The van der Waals surface area contributed by atoms with Gasteiger partial charge < -0.3 is 79.7 Å². The Hall–Kier alpha value is -2.11. The molecular weight excluding hydrogens is 566 g/mol. The zero-order valence-electron chi connectivity index (χ0n) is 21.8. The number of nitrogens with one attached hydrogen (secondary N) is 1. The highest BCUT2D eigenvalue weighted by Gasteiger charge is 2.55. The molecule has 236 valence electrons. The Labute approximate surface area is 231 Å². The molecule has 1 amide bonds. The van der Waals surface area contributed by atoms with Crippen molar-refractivity contribution in [2.24, 2.45) is 0 Å². The van der Waals surface area contributed by atoms with Gasteiger partial charge in [-0.25, -0.2) is 9.59 Å². The normalized spacial score (nSPS) is 45.1. The summed E-state index contributed by atoms with van der Waals surface area (Å²) in [5.74, 6) is -3.58. The third kappa shape index (κ3) is 7.10. The van der Waals surface area contributed by atoms with E-state index < -0.39 is 117 Å². The van der Waals surface area contributed by atoms with Gasteiger partial charge in [0.2, 0.25) is 5.91 Å². The van der Waals surface area contributed by atoms with Crippen LogP contribution in [0.25, 0.3) is 0 Å². The number of hydrogen-bond acceptors (Lipinski definition) is 17. The molecule has 3 rings (SSSR count). The van der Waals surface area contributed by atoms with Crippen LogP contribution in [0.15, 0.2) is 0 Å². The summed E-state index contributed by atoms with van der Waals surface area (Å²) in [4.78, 5) is 35.8. The molecule has 19 nitrogen and oxygen atoms in total. The summed E-state index contributed by atoms with van der Waals surface area (Å²) >= 11 is 0. The third-order valence-corrected chi connectivity index (χ3v) is 6.70. The van der Waals surface area contributed by atoms with Gasteiger partial charge in [0.1, 0.15) is 61.0 Å². The molecule has 0 aromatic carbocycles. The molecule has 41 heavy (non-hydrogen) atoms. The minimum Gasteiger partial charge on any atom is -0.479 e. The fourth-order valence-electron chi connectivity index (χ4n) is 4.63. The van der Waals surface area contributed by atoms with Crippen molar-refractivity contribution >= 4 is 17.8 Å². The Bertz CT molecular complexity index is 923. The average Bonchev–Trinajstić information content (AvgIpc) is 2.91. The predicted octanol–water partition coefficient (Wildman–Crippen LogP) is -6.77. The quantitative estimate of drug-likeness (QED) is 0.110. The lowest BCUT2D eigenvalue weighted by molar-refractivity contribution is -0.360.